The number of amides is 1. The molecule has 0 aliphatic heterocycles. The van der Waals surface area contributed by atoms with E-state index in [0.717, 1.165) is 22.3 Å². The van der Waals surface area contributed by atoms with Crippen molar-refractivity contribution in [2.45, 2.75) is 25.7 Å². The van der Waals surface area contributed by atoms with Gasteiger partial charge in [-0.1, -0.05) is 12.1 Å². The second-order valence-electron chi connectivity index (χ2n) is 5.71. The van der Waals surface area contributed by atoms with Gasteiger partial charge in [0.15, 0.2) is 17.0 Å². The molecular weight excluding hydrogens is 351 g/mol. The van der Waals surface area contributed by atoms with Gasteiger partial charge in [0.2, 0.25) is 5.91 Å². The van der Waals surface area contributed by atoms with E-state index in [1.807, 2.05) is 12.1 Å². The number of nitrogens with one attached hydrogen (secondary N) is 1. The fraction of sp³-hybridized carbons (Fsp3) is 0.294. The van der Waals surface area contributed by atoms with Crippen LogP contribution in [0.2, 0.25) is 0 Å². The van der Waals surface area contributed by atoms with Gasteiger partial charge in [-0.05, 0) is 25.1 Å². The Kier molecular flexibility index (Phi) is 4.62. The van der Waals surface area contributed by atoms with Crippen LogP contribution in [-0.2, 0) is 17.5 Å². The number of hydrogen-bond acceptors (Lipinski definition) is 4. The normalized spacial score (nSPS) is 13.0. The maximum Gasteiger partial charge on any atom is 0.435 e. The van der Waals surface area contributed by atoms with Crippen LogP contribution in [0.15, 0.2) is 40.9 Å². The minimum Gasteiger partial charge on any atom is -0.493 e. The molecule has 0 bridgehead atoms. The van der Waals surface area contributed by atoms with Crippen molar-refractivity contribution in [1.29, 1.82) is 0 Å². The van der Waals surface area contributed by atoms with Crippen molar-refractivity contribution in [2.24, 2.45) is 0 Å². The number of benzene rings is 1. The lowest BCUT2D eigenvalue weighted by Crippen LogP contribution is -2.30. The molecule has 1 unspecified atom stereocenters. The average Bonchev–Trinajstić information content (AvgIpc) is 3.20. The average molecular weight is 367 g/mol. The molecule has 0 aliphatic rings. The number of carbonyl (C=O) groups is 1. The molecule has 0 radical (unpaired) electrons. The number of ether oxygens (including phenoxy) is 1. The summed E-state index contributed by atoms with van der Waals surface area (Å²) in [6.45, 7) is 1.39. The van der Waals surface area contributed by atoms with E-state index in [2.05, 4.69) is 10.4 Å². The third kappa shape index (κ3) is 3.66. The fourth-order valence-electron chi connectivity index (χ4n) is 2.54. The number of halogens is 3. The Morgan fingerprint density at radius 2 is 2.15 bits per heavy atom. The van der Waals surface area contributed by atoms with Gasteiger partial charge in [-0.25, -0.2) is 0 Å². The van der Waals surface area contributed by atoms with Crippen molar-refractivity contribution in [3.8, 4) is 5.75 Å². The minimum absolute atomic E-state index is 0.329. The smallest absolute Gasteiger partial charge is 0.435 e. The number of hydrogen-bond donors (Lipinski definition) is 1. The van der Waals surface area contributed by atoms with Gasteiger partial charge in [0.05, 0.1) is 13.2 Å². The summed E-state index contributed by atoms with van der Waals surface area (Å²) in [7, 11) is 1.53. The van der Waals surface area contributed by atoms with Gasteiger partial charge in [-0.15, -0.1) is 0 Å². The van der Waals surface area contributed by atoms with Crippen molar-refractivity contribution in [1.82, 2.24) is 15.1 Å². The van der Waals surface area contributed by atoms with Gasteiger partial charge in [0.25, 0.3) is 0 Å². The highest BCUT2D eigenvalue weighted by atomic mass is 19.4. The lowest BCUT2D eigenvalue weighted by Gasteiger charge is -2.11. The third-order valence-electron chi connectivity index (χ3n) is 3.79. The van der Waals surface area contributed by atoms with Crippen LogP contribution in [0.25, 0.3) is 11.0 Å². The van der Waals surface area contributed by atoms with Crippen molar-refractivity contribution < 1.29 is 27.1 Å². The van der Waals surface area contributed by atoms with Crippen LogP contribution in [0.3, 0.4) is 0 Å². The first-order chi connectivity index (χ1) is 12.3. The Bertz CT molecular complexity index is 930. The molecule has 3 rings (SSSR count). The summed E-state index contributed by atoms with van der Waals surface area (Å²) < 4.78 is 49.5. The first-order valence-electron chi connectivity index (χ1n) is 7.74. The van der Waals surface area contributed by atoms with Gasteiger partial charge in [-0.3, -0.25) is 9.48 Å². The summed E-state index contributed by atoms with van der Waals surface area (Å²) in [6, 6.07) is 7.55. The number of aromatic nitrogens is 2. The van der Waals surface area contributed by atoms with Crippen molar-refractivity contribution in [3.05, 3.63) is 48.0 Å². The zero-order chi connectivity index (χ0) is 18.9. The van der Waals surface area contributed by atoms with Gasteiger partial charge in [0.1, 0.15) is 12.3 Å². The Hall–Kier alpha value is -2.97. The van der Waals surface area contributed by atoms with E-state index in [-0.39, 0.29) is 6.54 Å². The molecule has 1 atom stereocenters. The lowest BCUT2D eigenvalue weighted by atomic mass is 10.2. The lowest BCUT2D eigenvalue weighted by molar-refractivity contribution is -0.141. The molecule has 1 amide bonds. The number of methoxy groups -OCH3 is 1. The van der Waals surface area contributed by atoms with Gasteiger partial charge in [-0.2, -0.15) is 18.3 Å². The number of furan rings is 1. The van der Waals surface area contributed by atoms with Gasteiger partial charge < -0.3 is 14.5 Å². The number of nitrogens with zero attached hydrogens (tertiary/aromatic N) is 2. The van der Waals surface area contributed by atoms with Crippen LogP contribution in [0.5, 0.6) is 5.75 Å². The molecule has 2 heterocycles. The summed E-state index contributed by atoms with van der Waals surface area (Å²) in [4.78, 5) is 12.1. The molecule has 0 fully saturated rings. The number of rotatable bonds is 5. The number of carbonyl (C=O) groups excluding carboxylic acids is 1. The van der Waals surface area contributed by atoms with E-state index in [0.29, 0.717) is 17.1 Å². The molecule has 3 aromatic rings. The quantitative estimate of drug-likeness (QED) is 0.749. The molecule has 0 aliphatic carbocycles. The van der Waals surface area contributed by atoms with Crippen LogP contribution < -0.4 is 10.1 Å². The summed E-state index contributed by atoms with van der Waals surface area (Å²) in [5.74, 6) is 0.597. The summed E-state index contributed by atoms with van der Waals surface area (Å²) in [5.41, 5.74) is -0.476. The molecule has 1 N–H and O–H groups in total. The van der Waals surface area contributed by atoms with Crippen molar-refractivity contribution in [2.75, 3.05) is 7.11 Å². The molecule has 26 heavy (non-hydrogen) atoms. The Morgan fingerprint density at radius 1 is 1.38 bits per heavy atom. The molecule has 1 aromatic carbocycles. The van der Waals surface area contributed by atoms with Gasteiger partial charge >= 0.3 is 6.18 Å². The zero-order valence-electron chi connectivity index (χ0n) is 14.0. The van der Waals surface area contributed by atoms with Crippen molar-refractivity contribution >= 4 is 16.9 Å². The maximum absolute atomic E-state index is 12.5. The van der Waals surface area contributed by atoms with Crippen molar-refractivity contribution in [3.63, 3.8) is 0 Å². The van der Waals surface area contributed by atoms with E-state index < -0.39 is 23.8 Å². The third-order valence-corrected chi connectivity index (χ3v) is 3.79. The Labute approximate surface area is 146 Å². The SMILES string of the molecule is COc1cccc2cc(C(C)NC(=O)Cn3ccc(C(F)(F)F)n3)oc12. The van der Waals surface area contributed by atoms with E-state index in [1.54, 1.807) is 19.1 Å². The van der Waals surface area contributed by atoms with Crippen LogP contribution >= 0.6 is 0 Å². The highest BCUT2D eigenvalue weighted by Crippen LogP contribution is 2.31. The number of alkyl halides is 3. The molecule has 0 saturated heterocycles. The van der Waals surface area contributed by atoms with E-state index in [1.165, 1.54) is 7.11 Å². The molecule has 6 nitrogen and oxygen atoms in total. The van der Waals surface area contributed by atoms with E-state index in [9.17, 15) is 18.0 Å². The van der Waals surface area contributed by atoms with E-state index >= 15 is 0 Å². The Balaban J connectivity index is 1.68. The predicted molar refractivity (Wildman–Crippen MR) is 86.6 cm³/mol. The first-order valence-corrected chi connectivity index (χ1v) is 7.74. The molecule has 138 valence electrons. The molecule has 0 saturated carbocycles. The fourth-order valence-corrected chi connectivity index (χ4v) is 2.54. The molecule has 2 aromatic heterocycles. The summed E-state index contributed by atoms with van der Waals surface area (Å²) in [5, 5.41) is 6.85. The summed E-state index contributed by atoms with van der Waals surface area (Å²) in [6.07, 6.45) is -3.43. The second-order valence-corrected chi connectivity index (χ2v) is 5.71. The monoisotopic (exact) mass is 367 g/mol. The largest absolute Gasteiger partial charge is 0.493 e. The highest BCUT2D eigenvalue weighted by molar-refractivity contribution is 5.84. The van der Waals surface area contributed by atoms with Crippen LogP contribution in [0.1, 0.15) is 24.4 Å². The molecule has 0 spiro atoms. The van der Waals surface area contributed by atoms with Crippen LogP contribution in [0, 0.1) is 0 Å². The zero-order valence-corrected chi connectivity index (χ0v) is 14.0. The standard InChI is InChI=1S/C17H16F3N3O3/c1-10(13-8-11-4-3-5-12(25-2)16(11)26-13)21-15(24)9-23-7-6-14(22-23)17(18,19)20/h3-8,10H,9H2,1-2H3,(H,21,24). The topological polar surface area (TPSA) is 69.3 Å². The number of para-hydroxylation sites is 1. The van der Waals surface area contributed by atoms with E-state index in [4.69, 9.17) is 9.15 Å². The molecular formula is C17H16F3N3O3. The first kappa shape index (κ1) is 17.8. The Morgan fingerprint density at radius 3 is 2.81 bits per heavy atom. The highest BCUT2D eigenvalue weighted by Gasteiger charge is 2.33. The minimum atomic E-state index is -4.54. The van der Waals surface area contributed by atoms with Gasteiger partial charge in [0, 0.05) is 11.6 Å². The maximum atomic E-state index is 12.5. The van der Waals surface area contributed by atoms with Crippen LogP contribution in [-0.4, -0.2) is 22.8 Å². The van der Waals surface area contributed by atoms with Crippen LogP contribution in [0.4, 0.5) is 13.2 Å². The molecule has 9 heteroatoms. The summed E-state index contributed by atoms with van der Waals surface area (Å²) >= 11 is 0. The second kappa shape index (κ2) is 6.74. The predicted octanol–water partition coefficient (Wildman–Crippen LogP) is 3.53. The number of fused-ring (bicyclic) bond motifs is 1.